The first-order chi connectivity index (χ1) is 12.2. The van der Waals surface area contributed by atoms with Crippen LogP contribution in [-0.2, 0) is 14.8 Å². The third kappa shape index (κ3) is 5.82. The largest absolute Gasteiger partial charge is 0.342 e. The van der Waals surface area contributed by atoms with E-state index >= 15 is 0 Å². The van der Waals surface area contributed by atoms with E-state index in [4.69, 9.17) is 0 Å². The van der Waals surface area contributed by atoms with E-state index in [9.17, 15) is 13.2 Å². The average Bonchev–Trinajstić information content (AvgIpc) is 2.56. The molecule has 10 heteroatoms. The molecule has 1 atom stereocenters. The van der Waals surface area contributed by atoms with Crippen molar-refractivity contribution in [3.63, 3.8) is 0 Å². The first-order valence-corrected chi connectivity index (χ1v) is 11.8. The van der Waals surface area contributed by atoms with Crippen LogP contribution in [0, 0.1) is 13.8 Å². The molecule has 0 aliphatic carbocycles. The average molecular weight is 402 g/mol. The van der Waals surface area contributed by atoms with Crippen molar-refractivity contribution in [2.75, 3.05) is 49.8 Å². The molecule has 1 aliphatic rings. The maximum absolute atomic E-state index is 13.0. The van der Waals surface area contributed by atoms with Crippen LogP contribution in [0.2, 0.25) is 0 Å². The Morgan fingerprint density at radius 3 is 2.31 bits per heavy atom. The number of piperazine rings is 1. The molecule has 8 nitrogen and oxygen atoms in total. The quantitative estimate of drug-likeness (QED) is 0.719. The van der Waals surface area contributed by atoms with Crippen LogP contribution in [0.3, 0.4) is 0 Å². The van der Waals surface area contributed by atoms with Crippen molar-refractivity contribution in [1.82, 2.24) is 19.2 Å². The minimum atomic E-state index is -3.21. The van der Waals surface area contributed by atoms with Gasteiger partial charge in [0.05, 0.1) is 6.26 Å². The Hall–Kier alpha value is -1.39. The Morgan fingerprint density at radius 2 is 1.81 bits per heavy atom. The number of amides is 1. The molecule has 1 unspecified atom stereocenters. The predicted molar refractivity (Wildman–Crippen MR) is 105 cm³/mol. The highest BCUT2D eigenvalue weighted by Gasteiger charge is 2.30. The second-order valence-corrected chi connectivity index (χ2v) is 9.41. The van der Waals surface area contributed by atoms with Crippen molar-refractivity contribution in [1.29, 1.82) is 0 Å². The third-order valence-electron chi connectivity index (χ3n) is 4.21. The molecule has 146 valence electrons. The van der Waals surface area contributed by atoms with E-state index in [0.717, 1.165) is 17.1 Å². The summed E-state index contributed by atoms with van der Waals surface area (Å²) in [5.74, 6) is 1.25. The van der Waals surface area contributed by atoms with Gasteiger partial charge in [-0.15, -0.1) is 0 Å². The van der Waals surface area contributed by atoms with Crippen molar-refractivity contribution in [3.8, 4) is 0 Å². The predicted octanol–water partition coefficient (Wildman–Crippen LogP) is 0.731. The molecule has 1 aromatic heterocycles. The minimum absolute atomic E-state index is 0.0324. The lowest BCUT2D eigenvalue weighted by Gasteiger charge is -2.35. The van der Waals surface area contributed by atoms with Crippen molar-refractivity contribution in [2.24, 2.45) is 0 Å². The van der Waals surface area contributed by atoms with Gasteiger partial charge in [0.2, 0.25) is 21.9 Å². The highest BCUT2D eigenvalue weighted by molar-refractivity contribution is 7.98. The monoisotopic (exact) mass is 401 g/mol. The normalized spacial score (nSPS) is 17.2. The summed E-state index contributed by atoms with van der Waals surface area (Å²) in [7, 11) is -3.21. The van der Waals surface area contributed by atoms with Crippen LogP contribution in [0.1, 0.15) is 17.8 Å². The molecule has 1 saturated heterocycles. The number of aryl methyl sites for hydroxylation is 2. The Labute approximate surface area is 159 Å². The first kappa shape index (κ1) is 20.9. The molecule has 1 aromatic rings. The van der Waals surface area contributed by atoms with E-state index in [0.29, 0.717) is 38.5 Å². The summed E-state index contributed by atoms with van der Waals surface area (Å²) in [6.45, 7) is 5.25. The van der Waals surface area contributed by atoms with Crippen LogP contribution in [0.25, 0.3) is 0 Å². The van der Waals surface area contributed by atoms with Crippen LogP contribution in [0.15, 0.2) is 6.07 Å². The molecule has 0 spiro atoms. The molecular weight excluding hydrogens is 374 g/mol. The van der Waals surface area contributed by atoms with Gasteiger partial charge in [-0.25, -0.2) is 18.4 Å². The molecule has 1 N–H and O–H groups in total. The van der Waals surface area contributed by atoms with Crippen LogP contribution < -0.4 is 5.32 Å². The van der Waals surface area contributed by atoms with Crippen molar-refractivity contribution in [2.45, 2.75) is 26.3 Å². The smallest absolute Gasteiger partial charge is 0.245 e. The molecule has 26 heavy (non-hydrogen) atoms. The van der Waals surface area contributed by atoms with Gasteiger partial charge in [-0.2, -0.15) is 16.1 Å². The fourth-order valence-electron chi connectivity index (χ4n) is 2.90. The number of carbonyl (C=O) groups excluding carboxylic acids is 1. The number of thioether (sulfide) groups is 1. The van der Waals surface area contributed by atoms with Crippen molar-refractivity contribution in [3.05, 3.63) is 17.5 Å². The third-order valence-corrected chi connectivity index (χ3v) is 6.16. The van der Waals surface area contributed by atoms with E-state index in [-0.39, 0.29) is 5.91 Å². The lowest BCUT2D eigenvalue weighted by atomic mass is 10.2. The maximum Gasteiger partial charge on any atom is 0.245 e. The highest BCUT2D eigenvalue weighted by Crippen LogP contribution is 2.14. The molecule has 1 aliphatic heterocycles. The van der Waals surface area contributed by atoms with E-state index < -0.39 is 16.1 Å². The summed E-state index contributed by atoms with van der Waals surface area (Å²) in [6.07, 6.45) is 3.85. The zero-order valence-corrected chi connectivity index (χ0v) is 17.4. The van der Waals surface area contributed by atoms with E-state index in [1.807, 2.05) is 26.2 Å². The Bertz CT molecular complexity index is 713. The van der Waals surface area contributed by atoms with E-state index in [2.05, 4.69) is 15.3 Å². The highest BCUT2D eigenvalue weighted by atomic mass is 32.2. The SMILES string of the molecule is CSCCC(Nc1nc(C)cc(C)n1)C(=O)N1CCN(S(C)(=O)=O)CC1. The first-order valence-electron chi connectivity index (χ1n) is 8.52. The number of hydrogen-bond acceptors (Lipinski definition) is 7. The molecule has 2 heterocycles. The zero-order valence-electron chi connectivity index (χ0n) is 15.7. The molecule has 0 saturated carbocycles. The van der Waals surface area contributed by atoms with Gasteiger partial charge >= 0.3 is 0 Å². The van der Waals surface area contributed by atoms with Gasteiger partial charge < -0.3 is 10.2 Å². The second-order valence-electron chi connectivity index (χ2n) is 6.44. The summed E-state index contributed by atoms with van der Waals surface area (Å²) in [5, 5.41) is 3.18. The number of nitrogens with zero attached hydrogens (tertiary/aromatic N) is 4. The van der Waals surface area contributed by atoms with Gasteiger partial charge in [0, 0.05) is 37.6 Å². The fraction of sp³-hybridized carbons (Fsp3) is 0.688. The standard InChI is InChI=1S/C16H27N5O3S2/c1-12-11-13(2)18-16(17-12)19-14(5-10-25-3)15(22)20-6-8-21(9-7-20)26(4,23)24/h11,14H,5-10H2,1-4H3,(H,17,18,19). The lowest BCUT2D eigenvalue weighted by Crippen LogP contribution is -2.53. The molecule has 0 aromatic carbocycles. The minimum Gasteiger partial charge on any atom is -0.342 e. The van der Waals surface area contributed by atoms with Crippen LogP contribution in [-0.4, -0.2) is 84.0 Å². The molecule has 1 amide bonds. The Morgan fingerprint density at radius 1 is 1.23 bits per heavy atom. The van der Waals surface area contributed by atoms with E-state index in [1.165, 1.54) is 10.6 Å². The number of rotatable bonds is 7. The van der Waals surface area contributed by atoms with Gasteiger partial charge in [0.15, 0.2) is 0 Å². The van der Waals surface area contributed by atoms with E-state index in [1.54, 1.807) is 16.7 Å². The van der Waals surface area contributed by atoms with Gasteiger partial charge in [-0.05, 0) is 38.3 Å². The Kier molecular flexibility index (Phi) is 7.24. The van der Waals surface area contributed by atoms with Gasteiger partial charge in [-0.3, -0.25) is 4.79 Å². The van der Waals surface area contributed by atoms with Gasteiger partial charge in [-0.1, -0.05) is 0 Å². The summed E-state index contributed by atoms with van der Waals surface area (Å²) in [5.41, 5.74) is 1.69. The summed E-state index contributed by atoms with van der Waals surface area (Å²) >= 11 is 1.68. The number of aromatic nitrogens is 2. The zero-order chi connectivity index (χ0) is 19.3. The van der Waals surface area contributed by atoms with Crippen molar-refractivity contribution >= 4 is 33.6 Å². The van der Waals surface area contributed by atoms with Crippen LogP contribution >= 0.6 is 11.8 Å². The molecule has 1 fully saturated rings. The topological polar surface area (TPSA) is 95.5 Å². The number of sulfonamides is 1. The molecule has 0 radical (unpaired) electrons. The lowest BCUT2D eigenvalue weighted by molar-refractivity contribution is -0.133. The fourth-order valence-corrected chi connectivity index (χ4v) is 4.20. The van der Waals surface area contributed by atoms with Crippen molar-refractivity contribution < 1.29 is 13.2 Å². The number of hydrogen-bond donors (Lipinski definition) is 1. The molecule has 0 bridgehead atoms. The molecular formula is C16H27N5O3S2. The van der Waals surface area contributed by atoms with Gasteiger partial charge in [0.25, 0.3) is 0 Å². The number of anilines is 1. The summed E-state index contributed by atoms with van der Waals surface area (Å²) in [4.78, 5) is 23.4. The van der Waals surface area contributed by atoms with Crippen LogP contribution in [0.4, 0.5) is 5.95 Å². The van der Waals surface area contributed by atoms with Gasteiger partial charge in [0.1, 0.15) is 6.04 Å². The molecule has 2 rings (SSSR count). The summed E-state index contributed by atoms with van der Waals surface area (Å²) < 4.78 is 24.7. The maximum atomic E-state index is 13.0. The Balaban J connectivity index is 2.07. The summed E-state index contributed by atoms with van der Waals surface area (Å²) in [6, 6.07) is 1.46. The number of nitrogens with one attached hydrogen (secondary N) is 1. The van der Waals surface area contributed by atoms with Crippen LogP contribution in [0.5, 0.6) is 0 Å². The second kappa shape index (κ2) is 9.01. The number of carbonyl (C=O) groups is 1.